The van der Waals surface area contributed by atoms with Gasteiger partial charge in [0.25, 0.3) is 0 Å². The Morgan fingerprint density at radius 1 is 1.07 bits per heavy atom. The van der Waals surface area contributed by atoms with Crippen LogP contribution in [0.1, 0.15) is 11.5 Å². The van der Waals surface area contributed by atoms with E-state index in [1.54, 1.807) is 12.1 Å². The lowest BCUT2D eigenvalue weighted by Crippen LogP contribution is -2.02. The zero-order valence-electron chi connectivity index (χ0n) is 15.0. The van der Waals surface area contributed by atoms with E-state index in [0.29, 0.717) is 40.4 Å². The van der Waals surface area contributed by atoms with Gasteiger partial charge in [-0.1, -0.05) is 58.9 Å². The summed E-state index contributed by atoms with van der Waals surface area (Å²) in [5, 5.41) is 8.60. The molecule has 146 valence electrons. The Morgan fingerprint density at radius 2 is 1.97 bits per heavy atom. The quantitative estimate of drug-likeness (QED) is 0.320. The molecule has 2 aromatic heterocycles. The molecule has 29 heavy (non-hydrogen) atoms. The van der Waals surface area contributed by atoms with Crippen molar-refractivity contribution in [2.24, 2.45) is 0 Å². The number of benzene rings is 2. The highest BCUT2D eigenvalue weighted by atomic mass is 35.5. The molecule has 0 aliphatic carbocycles. The number of hydrogen-bond donors (Lipinski definition) is 1. The molecule has 4 rings (SSSR count). The summed E-state index contributed by atoms with van der Waals surface area (Å²) in [4.78, 5) is 12.8. The van der Waals surface area contributed by atoms with Gasteiger partial charge in [-0.2, -0.15) is 4.98 Å². The van der Waals surface area contributed by atoms with Crippen LogP contribution in [0.2, 0.25) is 5.02 Å². The lowest BCUT2D eigenvalue weighted by molar-refractivity contribution is 0.391. The molecule has 0 spiro atoms. The number of thioether (sulfide) groups is 1. The predicted octanol–water partition coefficient (Wildman–Crippen LogP) is 5.22. The predicted molar refractivity (Wildman–Crippen MR) is 110 cm³/mol. The Morgan fingerprint density at radius 3 is 2.83 bits per heavy atom. The van der Waals surface area contributed by atoms with Crippen molar-refractivity contribution >= 4 is 29.2 Å². The van der Waals surface area contributed by atoms with Crippen molar-refractivity contribution in [3.8, 4) is 11.4 Å². The van der Waals surface area contributed by atoms with Crippen LogP contribution in [0.25, 0.3) is 11.4 Å². The van der Waals surface area contributed by atoms with E-state index < -0.39 is 0 Å². The Balaban J connectivity index is 1.37. The van der Waals surface area contributed by atoms with Gasteiger partial charge >= 0.3 is 0 Å². The minimum absolute atomic E-state index is 0.346. The summed E-state index contributed by atoms with van der Waals surface area (Å²) in [6, 6.07) is 15.5. The fraction of sp³-hybridized carbons (Fsp3) is 0.100. The minimum Gasteiger partial charge on any atom is -0.366 e. The first-order chi connectivity index (χ1) is 14.2. The molecule has 6 nitrogen and oxygen atoms in total. The van der Waals surface area contributed by atoms with Crippen molar-refractivity contribution < 1.29 is 8.91 Å². The number of aromatic nitrogens is 4. The van der Waals surface area contributed by atoms with Crippen LogP contribution in [0.3, 0.4) is 0 Å². The molecule has 0 amide bonds. The monoisotopic (exact) mass is 427 g/mol. The molecule has 0 aliphatic heterocycles. The second-order valence-electron chi connectivity index (χ2n) is 6.00. The van der Waals surface area contributed by atoms with Gasteiger partial charge in [-0.05, 0) is 23.8 Å². The zero-order chi connectivity index (χ0) is 20.1. The molecule has 9 heteroatoms. The summed E-state index contributed by atoms with van der Waals surface area (Å²) in [6.07, 6.45) is 1.49. The second-order valence-corrected chi connectivity index (χ2v) is 7.40. The second kappa shape index (κ2) is 9.02. The fourth-order valence-corrected chi connectivity index (χ4v) is 3.44. The maximum atomic E-state index is 13.3. The van der Waals surface area contributed by atoms with E-state index in [9.17, 15) is 4.39 Å². The maximum absolute atomic E-state index is 13.3. The summed E-state index contributed by atoms with van der Waals surface area (Å²) in [5.41, 5.74) is 1.55. The van der Waals surface area contributed by atoms with E-state index in [-0.39, 0.29) is 5.82 Å². The van der Waals surface area contributed by atoms with Crippen molar-refractivity contribution in [3.05, 3.63) is 83.2 Å². The molecule has 0 saturated heterocycles. The number of anilines is 1. The summed E-state index contributed by atoms with van der Waals surface area (Å²) in [5.74, 6) is 1.56. The van der Waals surface area contributed by atoms with E-state index in [1.807, 2.05) is 30.3 Å². The average Bonchev–Trinajstić information content (AvgIpc) is 3.21. The highest BCUT2D eigenvalue weighted by molar-refractivity contribution is 7.98. The van der Waals surface area contributed by atoms with E-state index in [0.717, 1.165) is 10.6 Å². The van der Waals surface area contributed by atoms with Gasteiger partial charge in [-0.25, -0.2) is 14.4 Å². The van der Waals surface area contributed by atoms with Crippen LogP contribution < -0.4 is 5.32 Å². The largest absolute Gasteiger partial charge is 0.366 e. The standard InChI is InChI=1S/C20H15ClFN5OS/c21-16-7-2-1-4-14(16)10-23-17-9-19(25-12-24-17)29-11-18-26-20(27-28-18)13-5-3-6-15(22)8-13/h1-9,12H,10-11H2,(H,23,24,25). The average molecular weight is 428 g/mol. The van der Waals surface area contributed by atoms with E-state index in [2.05, 4.69) is 25.4 Å². The lowest BCUT2D eigenvalue weighted by Gasteiger charge is -2.07. The van der Waals surface area contributed by atoms with Crippen molar-refractivity contribution in [2.75, 3.05) is 5.32 Å². The molecule has 4 aromatic rings. The van der Waals surface area contributed by atoms with Gasteiger partial charge in [-0.3, -0.25) is 0 Å². The Hall–Kier alpha value is -2.97. The molecule has 0 saturated carbocycles. The van der Waals surface area contributed by atoms with Crippen LogP contribution in [-0.2, 0) is 12.3 Å². The summed E-state index contributed by atoms with van der Waals surface area (Å²) < 4.78 is 18.6. The Bertz CT molecular complexity index is 1120. The van der Waals surface area contributed by atoms with E-state index in [4.69, 9.17) is 16.1 Å². The van der Waals surface area contributed by atoms with E-state index >= 15 is 0 Å². The number of rotatable bonds is 7. The molecule has 0 aliphatic rings. The Kier molecular flexibility index (Phi) is 6.02. The molecular weight excluding hydrogens is 413 g/mol. The lowest BCUT2D eigenvalue weighted by atomic mass is 10.2. The van der Waals surface area contributed by atoms with Crippen LogP contribution in [0.4, 0.5) is 10.2 Å². The fourth-order valence-electron chi connectivity index (χ4n) is 2.54. The number of halogens is 2. The summed E-state index contributed by atoms with van der Waals surface area (Å²) >= 11 is 7.61. The highest BCUT2D eigenvalue weighted by Gasteiger charge is 2.10. The van der Waals surface area contributed by atoms with Crippen LogP contribution >= 0.6 is 23.4 Å². The topological polar surface area (TPSA) is 76.7 Å². The van der Waals surface area contributed by atoms with Gasteiger partial charge in [0.1, 0.15) is 23.0 Å². The third-order valence-corrected chi connectivity index (χ3v) is 5.23. The molecule has 1 N–H and O–H groups in total. The molecular formula is C20H15ClFN5OS. The zero-order valence-corrected chi connectivity index (χ0v) is 16.6. The molecule has 0 unspecified atom stereocenters. The van der Waals surface area contributed by atoms with Gasteiger partial charge in [0.05, 0.1) is 5.75 Å². The SMILES string of the molecule is Fc1cccc(-c2noc(CSc3cc(NCc4ccccc4Cl)ncn3)n2)c1. The first-order valence-corrected chi connectivity index (χ1v) is 10.0. The number of nitrogens with one attached hydrogen (secondary N) is 1. The Labute approximate surface area is 175 Å². The summed E-state index contributed by atoms with van der Waals surface area (Å²) in [7, 11) is 0. The highest BCUT2D eigenvalue weighted by Crippen LogP contribution is 2.24. The molecule has 0 radical (unpaired) electrons. The summed E-state index contributed by atoms with van der Waals surface area (Å²) in [6.45, 7) is 0.557. The van der Waals surface area contributed by atoms with Crippen molar-refractivity contribution in [3.63, 3.8) is 0 Å². The van der Waals surface area contributed by atoms with Crippen LogP contribution in [0.5, 0.6) is 0 Å². The van der Waals surface area contributed by atoms with Gasteiger partial charge in [-0.15, -0.1) is 0 Å². The van der Waals surface area contributed by atoms with Crippen molar-refractivity contribution in [1.29, 1.82) is 0 Å². The molecule has 0 bridgehead atoms. The van der Waals surface area contributed by atoms with Gasteiger partial charge < -0.3 is 9.84 Å². The van der Waals surface area contributed by atoms with Crippen LogP contribution in [0, 0.1) is 5.82 Å². The van der Waals surface area contributed by atoms with Gasteiger partial charge in [0, 0.05) is 23.2 Å². The smallest absolute Gasteiger partial charge is 0.237 e. The molecule has 2 heterocycles. The normalized spacial score (nSPS) is 10.8. The maximum Gasteiger partial charge on any atom is 0.237 e. The first kappa shape index (κ1) is 19.4. The van der Waals surface area contributed by atoms with Crippen molar-refractivity contribution in [2.45, 2.75) is 17.3 Å². The third kappa shape index (κ3) is 5.10. The molecule has 0 atom stereocenters. The number of nitrogens with zero attached hydrogens (tertiary/aromatic N) is 4. The van der Waals surface area contributed by atoms with Gasteiger partial charge in [0.15, 0.2) is 0 Å². The van der Waals surface area contributed by atoms with E-state index in [1.165, 1.54) is 30.2 Å². The van der Waals surface area contributed by atoms with Crippen LogP contribution in [-0.4, -0.2) is 20.1 Å². The first-order valence-electron chi connectivity index (χ1n) is 8.68. The molecule has 2 aromatic carbocycles. The van der Waals surface area contributed by atoms with Gasteiger partial charge in [0.2, 0.25) is 11.7 Å². The molecule has 0 fully saturated rings. The van der Waals surface area contributed by atoms with Crippen LogP contribution in [0.15, 0.2) is 70.5 Å². The third-order valence-electron chi connectivity index (χ3n) is 3.95. The van der Waals surface area contributed by atoms with Crippen molar-refractivity contribution in [1.82, 2.24) is 20.1 Å². The minimum atomic E-state index is -0.346. The number of hydrogen-bond acceptors (Lipinski definition) is 7.